The van der Waals surface area contributed by atoms with Gasteiger partial charge in [-0.2, -0.15) is 41.3 Å². The number of hydrogen-bond donors (Lipinski definition) is 0. The number of carbonyl (C=O) groups excluding carboxylic acids is 4. The van der Waals surface area contributed by atoms with Gasteiger partial charge in [-0.05, 0) is 111 Å². The third-order valence-corrected chi connectivity index (χ3v) is 15.0. The number of halogens is 6. The molecule has 0 saturated carbocycles. The molecule has 0 aliphatic heterocycles. The van der Waals surface area contributed by atoms with Crippen LogP contribution in [0.3, 0.4) is 0 Å². The molecule has 0 bridgehead atoms. The lowest BCUT2D eigenvalue weighted by atomic mass is 9.90. The van der Waals surface area contributed by atoms with Gasteiger partial charge in [0.2, 0.25) is 5.89 Å². The van der Waals surface area contributed by atoms with Crippen molar-refractivity contribution < 1.29 is 51.3 Å². The van der Waals surface area contributed by atoms with E-state index in [1.54, 1.807) is 110 Å². The molecular formula is C64H72BrCl3F2N14O9. The van der Waals surface area contributed by atoms with Gasteiger partial charge in [-0.1, -0.05) is 82.4 Å². The molecule has 0 atom stereocenters. The molecule has 29 heteroatoms. The molecule has 0 spiro atoms. The number of benzene rings is 1. The summed E-state index contributed by atoms with van der Waals surface area (Å²) in [4.78, 5) is 54.6. The minimum Gasteiger partial charge on any atom is -0.465 e. The number of aryl methyl sites for hydroxylation is 6. The topological polar surface area (TPSA) is 292 Å². The minimum atomic E-state index is -0.903. The van der Waals surface area contributed by atoms with E-state index in [0.717, 1.165) is 28.6 Å². The molecule has 6 heterocycles. The first-order valence-electron chi connectivity index (χ1n) is 28.3. The van der Waals surface area contributed by atoms with Gasteiger partial charge in [0.15, 0.2) is 28.7 Å². The molecule has 0 fully saturated rings. The highest BCUT2D eigenvalue weighted by Crippen LogP contribution is 2.40. The molecule has 0 unspecified atom stereocenters. The lowest BCUT2D eigenvalue weighted by molar-refractivity contribution is -0.146. The molecule has 0 radical (unpaired) electrons. The fourth-order valence-electron chi connectivity index (χ4n) is 8.18. The van der Waals surface area contributed by atoms with Crippen molar-refractivity contribution in [2.24, 2.45) is 37.4 Å². The fourth-order valence-corrected chi connectivity index (χ4v) is 9.83. The molecule has 7 aromatic rings. The fraction of sp³-hybridized carbons (Fsp3) is 0.422. The highest BCUT2D eigenvalue weighted by atomic mass is 79.9. The van der Waals surface area contributed by atoms with Crippen molar-refractivity contribution in [1.82, 2.24) is 53.9 Å². The van der Waals surface area contributed by atoms with Crippen LogP contribution in [-0.4, -0.2) is 84.9 Å². The number of nitrogens with zero attached hydrogens (tertiary/aromatic N) is 14. The zero-order valence-corrected chi connectivity index (χ0v) is 59.5. The van der Waals surface area contributed by atoms with E-state index in [2.05, 4.69) is 52.5 Å². The Morgan fingerprint density at radius 3 is 1.26 bits per heavy atom. The Kier molecular flexibility index (Phi) is 23.1. The summed E-state index contributed by atoms with van der Waals surface area (Å²) in [7, 11) is 6.16. The summed E-state index contributed by atoms with van der Waals surface area (Å²) in [5.41, 5.74) is -0.556. The zero-order valence-electron chi connectivity index (χ0n) is 55.7. The summed E-state index contributed by atoms with van der Waals surface area (Å²) in [6.07, 6.45) is 4.10. The van der Waals surface area contributed by atoms with Crippen molar-refractivity contribution >= 4 is 109 Å². The van der Waals surface area contributed by atoms with Crippen LogP contribution in [0, 0.1) is 82.6 Å². The maximum absolute atomic E-state index is 14.1. The summed E-state index contributed by atoms with van der Waals surface area (Å²) in [6.45, 7) is 32.0. The van der Waals surface area contributed by atoms with E-state index in [4.69, 9.17) is 58.2 Å². The van der Waals surface area contributed by atoms with E-state index in [1.807, 2.05) is 53.7 Å². The first kappa shape index (κ1) is 75.0. The standard InChI is InChI=1S/C22H19ClF2N4O3.C22H28ClN5O4.C20H25BrClN5O2/c1-11-16(19(23)29(5)28-11)18(32-21(30)22(2,3)4)12(9-26)15-10-31-20(27-15)17-13(24)7-6-8-14(17)25;1-12-15(18(23)27(8)25-12)16(32-20(30)22(5,6)7)14(10-24)28-11-13(19(29)31-9)17(26-28)21(2,3)4;1-11-14(17(22)26(8)24-11)15(29-18(28)20(5,6)7)13(9-23)27-10-12(21)16(25-27)19(2,3)4/h6-8,10H,1-5H3;11H,1-9H3;10H,1-8H3. The van der Waals surface area contributed by atoms with Crippen molar-refractivity contribution in [1.29, 1.82) is 15.8 Å². The molecule has 0 aliphatic rings. The number of hydrogen-bond acceptors (Lipinski definition) is 18. The largest absolute Gasteiger partial charge is 0.465 e. The number of nitriles is 3. The van der Waals surface area contributed by atoms with E-state index in [9.17, 15) is 43.7 Å². The van der Waals surface area contributed by atoms with Crippen molar-refractivity contribution in [3.63, 3.8) is 0 Å². The first-order valence-corrected chi connectivity index (χ1v) is 30.2. The van der Waals surface area contributed by atoms with Crippen LogP contribution in [-0.2, 0) is 65.3 Å². The molecule has 7 rings (SSSR count). The monoisotopic (exact) mass is 1400 g/mol. The smallest absolute Gasteiger partial charge is 0.341 e. The summed E-state index contributed by atoms with van der Waals surface area (Å²) < 4.78 is 63.0. The number of ether oxygens (including phenoxy) is 4. The summed E-state index contributed by atoms with van der Waals surface area (Å²) in [5, 5.41) is 52.3. The molecule has 0 aliphatic carbocycles. The molecular weight excluding hydrogens is 1330 g/mol. The molecule has 1 aromatic carbocycles. The molecule has 93 heavy (non-hydrogen) atoms. The number of methoxy groups -OCH3 is 1. The maximum Gasteiger partial charge on any atom is 0.341 e. The van der Waals surface area contributed by atoms with Crippen LogP contribution in [0.15, 0.2) is 45.7 Å². The molecule has 0 N–H and O–H groups in total. The van der Waals surface area contributed by atoms with Gasteiger partial charge in [0, 0.05) is 44.4 Å². The normalized spacial score (nSPS) is 12.7. The van der Waals surface area contributed by atoms with Crippen LogP contribution in [0.25, 0.3) is 45.7 Å². The second-order valence-electron chi connectivity index (χ2n) is 26.2. The Bertz CT molecular complexity index is 4290. The number of oxazole rings is 1. The van der Waals surface area contributed by atoms with Crippen LogP contribution in [0.2, 0.25) is 15.5 Å². The van der Waals surface area contributed by atoms with Gasteiger partial charge in [0.25, 0.3) is 0 Å². The first-order chi connectivity index (χ1) is 42.8. The van der Waals surface area contributed by atoms with Gasteiger partial charge >= 0.3 is 23.9 Å². The van der Waals surface area contributed by atoms with Gasteiger partial charge < -0.3 is 23.4 Å². The third-order valence-electron chi connectivity index (χ3n) is 13.1. The second kappa shape index (κ2) is 28.6. The maximum atomic E-state index is 14.1. The SMILES string of the molecule is COC(=O)c1cn(C(C#N)=C(OC(=O)C(C)(C)C)c2c(C)nn(C)c2Cl)nc1C(C)(C)C.Cc1nn(C)c(Cl)c1C(OC(=O)C(C)(C)C)=C(C#N)c1coc(-c2c(F)cccc2F)n1.Cc1nn(C)c(Cl)c1C(OC(=O)C(C)(C)C)=C(C#N)n1cc(Br)c(C(C)(C)C)n1. The summed E-state index contributed by atoms with van der Waals surface area (Å²) in [5.74, 6) is -4.70. The number of aromatic nitrogens is 11. The predicted molar refractivity (Wildman–Crippen MR) is 348 cm³/mol. The van der Waals surface area contributed by atoms with Gasteiger partial charge in [-0.25, -0.2) is 27.9 Å². The van der Waals surface area contributed by atoms with Crippen molar-refractivity contribution in [3.05, 3.63) is 125 Å². The molecule has 23 nitrogen and oxygen atoms in total. The Morgan fingerprint density at radius 1 is 0.570 bits per heavy atom. The number of rotatable bonds is 11. The third kappa shape index (κ3) is 16.9. The second-order valence-corrected chi connectivity index (χ2v) is 28.1. The molecule has 6 aromatic heterocycles. The average molecular weight is 1410 g/mol. The van der Waals surface area contributed by atoms with Crippen LogP contribution >= 0.6 is 50.7 Å². The molecule has 494 valence electrons. The summed E-state index contributed by atoms with van der Waals surface area (Å²) >= 11 is 22.7. The van der Waals surface area contributed by atoms with Crippen LogP contribution in [0.4, 0.5) is 8.78 Å². The quantitative estimate of drug-likeness (QED) is 0.0503. The number of esters is 4. The van der Waals surface area contributed by atoms with Gasteiger partial charge in [-0.15, -0.1) is 0 Å². The van der Waals surface area contributed by atoms with Crippen molar-refractivity contribution in [2.45, 2.75) is 135 Å². The number of carbonyl (C=O) groups is 4. The van der Waals surface area contributed by atoms with E-state index >= 15 is 0 Å². The summed E-state index contributed by atoms with van der Waals surface area (Å²) in [6, 6.07) is 9.40. The lowest BCUT2D eigenvalue weighted by Gasteiger charge is -2.19. The Morgan fingerprint density at radius 2 is 0.935 bits per heavy atom. The number of allylic oxidation sites excluding steroid dienone is 3. The minimum absolute atomic E-state index is 0.0264. The zero-order chi connectivity index (χ0) is 70.7. The lowest BCUT2D eigenvalue weighted by Crippen LogP contribution is -2.23. The highest BCUT2D eigenvalue weighted by Gasteiger charge is 2.36. The highest BCUT2D eigenvalue weighted by molar-refractivity contribution is 9.10. The van der Waals surface area contributed by atoms with Crippen LogP contribution in [0.1, 0.15) is 165 Å². The molecule has 0 saturated heterocycles. The Labute approximate surface area is 561 Å². The van der Waals surface area contributed by atoms with E-state index in [1.165, 1.54) is 42.8 Å². The van der Waals surface area contributed by atoms with E-state index < -0.39 is 62.7 Å². The average Bonchev–Trinajstić information content (AvgIpc) is 1.67. The Balaban J connectivity index is 0.000000253. The van der Waals surface area contributed by atoms with Gasteiger partial charge in [0.1, 0.15) is 74.0 Å². The van der Waals surface area contributed by atoms with Crippen molar-refractivity contribution in [3.8, 4) is 29.7 Å². The van der Waals surface area contributed by atoms with Gasteiger partial charge in [-0.3, -0.25) is 28.4 Å². The van der Waals surface area contributed by atoms with Crippen LogP contribution in [0.5, 0.6) is 0 Å². The van der Waals surface area contributed by atoms with Crippen LogP contribution < -0.4 is 0 Å². The van der Waals surface area contributed by atoms with Crippen molar-refractivity contribution in [2.75, 3.05) is 7.11 Å². The predicted octanol–water partition coefficient (Wildman–Crippen LogP) is 14.5. The molecule has 0 amide bonds. The Hall–Kier alpha value is -8.74. The van der Waals surface area contributed by atoms with Gasteiger partial charge in [0.05, 0.1) is 73.0 Å². The van der Waals surface area contributed by atoms with E-state index in [-0.39, 0.29) is 83.4 Å². The van der Waals surface area contributed by atoms with E-state index in [0.29, 0.717) is 28.3 Å².